The third-order valence-corrected chi connectivity index (χ3v) is 4.05. The van der Waals surface area contributed by atoms with Crippen LogP contribution in [-0.2, 0) is 6.54 Å². The maximum absolute atomic E-state index is 12.5. The van der Waals surface area contributed by atoms with Gasteiger partial charge in [-0.1, -0.05) is 37.3 Å². The number of benzene rings is 2. The number of anilines is 1. The summed E-state index contributed by atoms with van der Waals surface area (Å²) in [5, 5.41) is 0. The van der Waals surface area contributed by atoms with E-state index in [-0.39, 0.29) is 11.9 Å². The van der Waals surface area contributed by atoms with E-state index >= 15 is 0 Å². The summed E-state index contributed by atoms with van der Waals surface area (Å²) in [6, 6.07) is 15.6. The van der Waals surface area contributed by atoms with Gasteiger partial charge in [-0.2, -0.15) is 0 Å². The summed E-state index contributed by atoms with van der Waals surface area (Å²) in [5.74, 6) is 0.736. The number of nitrogen functional groups attached to an aromatic ring is 1. The fourth-order valence-electron chi connectivity index (χ4n) is 2.68. The van der Waals surface area contributed by atoms with Crippen LogP contribution >= 0.6 is 0 Å². The van der Waals surface area contributed by atoms with Crippen molar-refractivity contribution in [3.05, 3.63) is 59.7 Å². The summed E-state index contributed by atoms with van der Waals surface area (Å²) < 4.78 is 5.62. The molecule has 2 N–H and O–H groups in total. The largest absolute Gasteiger partial charge is 0.489 e. The van der Waals surface area contributed by atoms with E-state index in [2.05, 4.69) is 24.0 Å². The second-order valence-electron chi connectivity index (χ2n) is 6.45. The highest BCUT2D eigenvalue weighted by molar-refractivity contribution is 5.97. The second kappa shape index (κ2) is 9.23. The van der Waals surface area contributed by atoms with Gasteiger partial charge in [0, 0.05) is 25.1 Å². The summed E-state index contributed by atoms with van der Waals surface area (Å²) >= 11 is 0. The Morgan fingerprint density at radius 2 is 1.88 bits per heavy atom. The molecule has 2 aromatic carbocycles. The molecular weight excluding hydrogens is 312 g/mol. The lowest BCUT2D eigenvalue weighted by Gasteiger charge is -2.20. The van der Waals surface area contributed by atoms with E-state index in [1.807, 2.05) is 32.0 Å². The maximum Gasteiger partial charge on any atom is 0.164 e. The normalized spacial score (nSPS) is 11.1. The van der Waals surface area contributed by atoms with Crippen molar-refractivity contribution in [2.24, 2.45) is 0 Å². The molecule has 0 fully saturated rings. The van der Waals surface area contributed by atoms with Crippen LogP contribution in [0.5, 0.6) is 5.75 Å². The molecule has 134 valence electrons. The van der Waals surface area contributed by atoms with Gasteiger partial charge in [0.1, 0.15) is 5.75 Å². The Bertz CT molecular complexity index is 684. The highest BCUT2D eigenvalue weighted by Gasteiger charge is 2.12. The highest BCUT2D eigenvalue weighted by atomic mass is 16.5. The minimum Gasteiger partial charge on any atom is -0.489 e. The molecule has 0 spiro atoms. The quantitative estimate of drug-likeness (QED) is 0.550. The standard InChI is InChI=1S/C21H28N2O2/c1-4-23(15-17-8-6-5-7-9-17)13-12-20(24)18-10-11-21(19(22)14-18)25-16(2)3/h5-11,14,16H,4,12-13,15,22H2,1-3H3. The molecule has 0 saturated heterocycles. The third kappa shape index (κ3) is 5.91. The molecule has 0 unspecified atom stereocenters. The molecule has 4 nitrogen and oxygen atoms in total. The van der Waals surface area contributed by atoms with Gasteiger partial charge in [0.05, 0.1) is 11.8 Å². The van der Waals surface area contributed by atoms with Crippen LogP contribution in [0.1, 0.15) is 43.1 Å². The lowest BCUT2D eigenvalue weighted by molar-refractivity contribution is 0.0963. The molecular formula is C21H28N2O2. The van der Waals surface area contributed by atoms with E-state index in [9.17, 15) is 4.79 Å². The number of rotatable bonds is 9. The molecule has 0 aromatic heterocycles. The molecule has 0 aliphatic heterocycles. The van der Waals surface area contributed by atoms with Crippen LogP contribution in [0.2, 0.25) is 0 Å². The van der Waals surface area contributed by atoms with Gasteiger partial charge in [-0.05, 0) is 44.2 Å². The first-order chi connectivity index (χ1) is 12.0. The molecule has 0 aliphatic rings. The third-order valence-electron chi connectivity index (χ3n) is 4.05. The number of Topliss-reactive ketones (excluding diaryl/α,β-unsaturated/α-hetero) is 1. The zero-order chi connectivity index (χ0) is 18.2. The van der Waals surface area contributed by atoms with Gasteiger partial charge in [0.15, 0.2) is 5.78 Å². The van der Waals surface area contributed by atoms with E-state index in [1.165, 1.54) is 5.56 Å². The Balaban J connectivity index is 1.93. The Kier molecular flexibility index (Phi) is 7.02. The molecule has 0 amide bonds. The molecule has 0 aliphatic carbocycles. The summed E-state index contributed by atoms with van der Waals surface area (Å²) in [5.41, 5.74) is 8.42. The Morgan fingerprint density at radius 1 is 1.16 bits per heavy atom. The van der Waals surface area contributed by atoms with Gasteiger partial charge in [-0.25, -0.2) is 0 Å². The number of ether oxygens (including phenoxy) is 1. The zero-order valence-electron chi connectivity index (χ0n) is 15.4. The monoisotopic (exact) mass is 340 g/mol. The van der Waals surface area contributed by atoms with E-state index < -0.39 is 0 Å². The summed E-state index contributed by atoms with van der Waals surface area (Å²) in [6.45, 7) is 8.51. The van der Waals surface area contributed by atoms with Crippen molar-refractivity contribution in [1.29, 1.82) is 0 Å². The Morgan fingerprint density at radius 3 is 2.48 bits per heavy atom. The number of nitrogens with two attached hydrogens (primary N) is 1. The van der Waals surface area contributed by atoms with Crippen LogP contribution in [0.25, 0.3) is 0 Å². The molecule has 2 rings (SSSR count). The number of hydrogen-bond acceptors (Lipinski definition) is 4. The number of carbonyl (C=O) groups is 1. The van der Waals surface area contributed by atoms with Crippen molar-refractivity contribution in [2.45, 2.75) is 39.8 Å². The fraction of sp³-hybridized carbons (Fsp3) is 0.381. The average Bonchev–Trinajstić information content (AvgIpc) is 2.60. The van der Waals surface area contributed by atoms with E-state index in [0.29, 0.717) is 23.4 Å². The molecule has 0 saturated carbocycles. The predicted molar refractivity (Wildman–Crippen MR) is 103 cm³/mol. The summed E-state index contributed by atoms with van der Waals surface area (Å²) in [7, 11) is 0. The Labute approximate surface area is 150 Å². The van der Waals surface area contributed by atoms with Crippen LogP contribution in [0.4, 0.5) is 5.69 Å². The first kappa shape index (κ1) is 19.0. The molecule has 2 aromatic rings. The van der Waals surface area contributed by atoms with E-state index in [1.54, 1.807) is 18.2 Å². The van der Waals surface area contributed by atoms with Crippen molar-refractivity contribution in [3.8, 4) is 5.75 Å². The van der Waals surface area contributed by atoms with Gasteiger partial charge < -0.3 is 10.5 Å². The maximum atomic E-state index is 12.5. The van der Waals surface area contributed by atoms with Crippen LogP contribution in [-0.4, -0.2) is 29.9 Å². The number of carbonyl (C=O) groups excluding carboxylic acids is 1. The Hall–Kier alpha value is -2.33. The minimum atomic E-state index is 0.0555. The minimum absolute atomic E-state index is 0.0555. The van der Waals surface area contributed by atoms with Gasteiger partial charge in [0.25, 0.3) is 0 Å². The van der Waals surface area contributed by atoms with Crippen LogP contribution < -0.4 is 10.5 Å². The van der Waals surface area contributed by atoms with E-state index in [0.717, 1.165) is 19.6 Å². The van der Waals surface area contributed by atoms with Gasteiger partial charge in [0.2, 0.25) is 0 Å². The summed E-state index contributed by atoms with van der Waals surface area (Å²) in [6.07, 6.45) is 0.532. The van der Waals surface area contributed by atoms with Crippen molar-refractivity contribution < 1.29 is 9.53 Å². The topological polar surface area (TPSA) is 55.6 Å². The molecule has 0 atom stereocenters. The van der Waals surface area contributed by atoms with Gasteiger partial charge in [-0.3, -0.25) is 9.69 Å². The molecule has 0 heterocycles. The van der Waals surface area contributed by atoms with Crippen molar-refractivity contribution >= 4 is 11.5 Å². The first-order valence-electron chi connectivity index (χ1n) is 8.85. The van der Waals surface area contributed by atoms with E-state index in [4.69, 9.17) is 10.5 Å². The molecule has 25 heavy (non-hydrogen) atoms. The van der Waals surface area contributed by atoms with Crippen LogP contribution in [0, 0.1) is 0 Å². The summed E-state index contributed by atoms with van der Waals surface area (Å²) in [4.78, 5) is 14.8. The smallest absolute Gasteiger partial charge is 0.164 e. The lowest BCUT2D eigenvalue weighted by Crippen LogP contribution is -2.25. The van der Waals surface area contributed by atoms with Gasteiger partial charge >= 0.3 is 0 Å². The lowest BCUT2D eigenvalue weighted by atomic mass is 10.1. The average molecular weight is 340 g/mol. The predicted octanol–water partition coefficient (Wildman–Crippen LogP) is 4.15. The number of nitrogens with zero attached hydrogens (tertiary/aromatic N) is 1. The fourth-order valence-corrected chi connectivity index (χ4v) is 2.68. The van der Waals surface area contributed by atoms with Crippen molar-refractivity contribution in [1.82, 2.24) is 4.90 Å². The highest BCUT2D eigenvalue weighted by Crippen LogP contribution is 2.24. The number of hydrogen-bond donors (Lipinski definition) is 1. The molecule has 0 bridgehead atoms. The first-order valence-corrected chi connectivity index (χ1v) is 8.85. The van der Waals surface area contributed by atoms with Crippen molar-refractivity contribution in [3.63, 3.8) is 0 Å². The SMILES string of the molecule is CCN(CCC(=O)c1ccc(OC(C)C)c(N)c1)Cc1ccccc1. The second-order valence-corrected chi connectivity index (χ2v) is 6.45. The molecule has 4 heteroatoms. The van der Waals surface area contributed by atoms with Gasteiger partial charge in [-0.15, -0.1) is 0 Å². The molecule has 0 radical (unpaired) electrons. The number of ketones is 1. The van der Waals surface area contributed by atoms with Crippen molar-refractivity contribution in [2.75, 3.05) is 18.8 Å². The zero-order valence-corrected chi connectivity index (χ0v) is 15.4. The van der Waals surface area contributed by atoms with Crippen LogP contribution in [0.15, 0.2) is 48.5 Å². The van der Waals surface area contributed by atoms with Crippen LogP contribution in [0.3, 0.4) is 0 Å².